The number of nitrogens with one attached hydrogen (secondary N) is 1. The third kappa shape index (κ3) is 1.80. The molecule has 3 aliphatic rings. The molecule has 4 rings (SSSR count). The van der Waals surface area contributed by atoms with Crippen LogP contribution >= 0.6 is 0 Å². The lowest BCUT2D eigenvalue weighted by Gasteiger charge is -2.54. The summed E-state index contributed by atoms with van der Waals surface area (Å²) in [4.78, 5) is 12.9. The highest BCUT2D eigenvalue weighted by molar-refractivity contribution is 5.89. The fourth-order valence-corrected chi connectivity index (χ4v) is 4.90. The first-order chi connectivity index (χ1) is 10.7. The Bertz CT molecular complexity index is 567. The van der Waals surface area contributed by atoms with Crippen molar-refractivity contribution >= 4 is 5.91 Å². The van der Waals surface area contributed by atoms with Crippen molar-refractivity contribution < 1.29 is 14.3 Å². The summed E-state index contributed by atoms with van der Waals surface area (Å²) in [6.07, 6.45) is 2.56. The maximum absolute atomic E-state index is 12.9. The lowest BCUT2D eigenvalue weighted by Crippen LogP contribution is -2.63. The molecule has 1 aromatic rings. The Balaban J connectivity index is 1.79. The van der Waals surface area contributed by atoms with Gasteiger partial charge in [-0.15, -0.1) is 0 Å². The van der Waals surface area contributed by atoms with E-state index in [1.54, 1.807) is 0 Å². The highest BCUT2D eigenvalue weighted by Crippen LogP contribution is 2.55. The van der Waals surface area contributed by atoms with E-state index in [1.807, 2.05) is 18.2 Å². The van der Waals surface area contributed by atoms with Gasteiger partial charge in [0.05, 0.1) is 18.6 Å². The summed E-state index contributed by atoms with van der Waals surface area (Å²) in [5.74, 6) is 0.181. The molecule has 2 heterocycles. The summed E-state index contributed by atoms with van der Waals surface area (Å²) in [6, 6.07) is 10.3. The highest BCUT2D eigenvalue weighted by atomic mass is 16.7. The molecule has 1 N–H and O–H groups in total. The van der Waals surface area contributed by atoms with Crippen molar-refractivity contribution in [2.75, 3.05) is 19.8 Å². The topological polar surface area (TPSA) is 47.6 Å². The molecule has 118 valence electrons. The van der Waals surface area contributed by atoms with Crippen molar-refractivity contribution in [1.29, 1.82) is 0 Å². The second kappa shape index (κ2) is 5.07. The standard InChI is InChI=1S/C18H23NO3/c1-13-15-7-10-19-16(20)17(15,14-5-3-2-4-6-14)8-9-18(13)21-11-12-22-18/h2-6,13,15H,7-12H2,1H3,(H,19,20)/t13-,15-,17?/m0/s1. The summed E-state index contributed by atoms with van der Waals surface area (Å²) >= 11 is 0. The average molecular weight is 301 g/mol. The molecule has 4 nitrogen and oxygen atoms in total. The monoisotopic (exact) mass is 301 g/mol. The van der Waals surface area contributed by atoms with E-state index >= 15 is 0 Å². The molecule has 2 aliphatic heterocycles. The van der Waals surface area contributed by atoms with Crippen molar-refractivity contribution in [3.05, 3.63) is 35.9 Å². The van der Waals surface area contributed by atoms with Crippen LogP contribution in [0.5, 0.6) is 0 Å². The molecule has 1 unspecified atom stereocenters. The number of piperidine rings is 1. The SMILES string of the molecule is C[C@H]1[C@@H]2CCNC(=O)C2(c2ccccc2)CCC12OCCO2. The van der Waals surface area contributed by atoms with Gasteiger partial charge >= 0.3 is 0 Å². The van der Waals surface area contributed by atoms with Gasteiger partial charge in [0.25, 0.3) is 0 Å². The minimum absolute atomic E-state index is 0.176. The second-order valence-corrected chi connectivity index (χ2v) is 6.79. The van der Waals surface area contributed by atoms with Crippen molar-refractivity contribution in [1.82, 2.24) is 5.32 Å². The maximum atomic E-state index is 12.9. The minimum atomic E-state index is -0.472. The van der Waals surface area contributed by atoms with Crippen LogP contribution in [0, 0.1) is 11.8 Å². The average Bonchev–Trinajstić information content (AvgIpc) is 3.03. The number of rotatable bonds is 1. The fraction of sp³-hybridized carbons (Fsp3) is 0.611. The van der Waals surface area contributed by atoms with E-state index in [4.69, 9.17) is 9.47 Å². The van der Waals surface area contributed by atoms with Gasteiger partial charge in [0.1, 0.15) is 0 Å². The molecule has 1 amide bonds. The van der Waals surface area contributed by atoms with Crippen LogP contribution < -0.4 is 5.32 Å². The number of carbonyl (C=O) groups is 1. The Kier molecular flexibility index (Phi) is 3.27. The molecule has 0 radical (unpaired) electrons. The van der Waals surface area contributed by atoms with E-state index in [1.165, 1.54) is 0 Å². The predicted octanol–water partition coefficient (Wildman–Crippen LogP) is 2.23. The second-order valence-electron chi connectivity index (χ2n) is 6.79. The number of hydrogen-bond acceptors (Lipinski definition) is 3. The van der Waals surface area contributed by atoms with E-state index < -0.39 is 11.2 Å². The third-order valence-corrected chi connectivity index (χ3v) is 6.01. The number of hydrogen-bond donors (Lipinski definition) is 1. The van der Waals surface area contributed by atoms with Crippen molar-refractivity contribution in [3.8, 4) is 0 Å². The van der Waals surface area contributed by atoms with Gasteiger partial charge in [-0.2, -0.15) is 0 Å². The maximum Gasteiger partial charge on any atom is 0.230 e. The fourth-order valence-electron chi connectivity index (χ4n) is 4.90. The number of amides is 1. The molecule has 22 heavy (non-hydrogen) atoms. The van der Waals surface area contributed by atoms with Crippen LogP contribution in [0.15, 0.2) is 30.3 Å². The molecule has 0 aromatic heterocycles. The Labute approximate surface area is 131 Å². The summed E-state index contributed by atoms with van der Waals surface area (Å²) in [5, 5.41) is 3.10. The first-order valence-electron chi connectivity index (χ1n) is 8.31. The molecular formula is C18H23NO3. The van der Waals surface area contributed by atoms with E-state index in [9.17, 15) is 4.79 Å². The number of benzene rings is 1. The number of carbonyl (C=O) groups excluding carboxylic acids is 1. The highest BCUT2D eigenvalue weighted by Gasteiger charge is 2.61. The molecule has 3 atom stereocenters. The van der Waals surface area contributed by atoms with E-state index in [-0.39, 0.29) is 17.7 Å². The van der Waals surface area contributed by atoms with Crippen LogP contribution in [0.2, 0.25) is 0 Å². The summed E-state index contributed by atoms with van der Waals surface area (Å²) < 4.78 is 12.0. The zero-order valence-corrected chi connectivity index (χ0v) is 13.0. The van der Waals surface area contributed by atoms with Gasteiger partial charge in [0.15, 0.2) is 5.79 Å². The molecule has 1 spiro atoms. The Morgan fingerprint density at radius 1 is 1.14 bits per heavy atom. The van der Waals surface area contributed by atoms with Gasteiger partial charge in [-0.25, -0.2) is 0 Å². The zero-order valence-electron chi connectivity index (χ0n) is 13.0. The lowest BCUT2D eigenvalue weighted by atomic mass is 9.54. The van der Waals surface area contributed by atoms with Crippen molar-refractivity contribution in [3.63, 3.8) is 0 Å². The Hall–Kier alpha value is -1.39. The number of ether oxygens (including phenoxy) is 2. The van der Waals surface area contributed by atoms with E-state index in [0.717, 1.165) is 31.4 Å². The van der Waals surface area contributed by atoms with E-state index in [0.29, 0.717) is 13.2 Å². The lowest BCUT2D eigenvalue weighted by molar-refractivity contribution is -0.235. The first-order valence-corrected chi connectivity index (χ1v) is 8.31. The van der Waals surface area contributed by atoms with Gasteiger partial charge in [0, 0.05) is 18.9 Å². The van der Waals surface area contributed by atoms with Crippen LogP contribution in [-0.4, -0.2) is 31.5 Å². The smallest absolute Gasteiger partial charge is 0.230 e. The molecule has 4 heteroatoms. The molecule has 1 saturated carbocycles. The van der Waals surface area contributed by atoms with Gasteiger partial charge in [-0.3, -0.25) is 4.79 Å². The first kappa shape index (κ1) is 14.2. The molecular weight excluding hydrogens is 278 g/mol. The summed E-state index contributed by atoms with van der Waals surface area (Å²) in [7, 11) is 0. The van der Waals surface area contributed by atoms with Crippen molar-refractivity contribution in [2.45, 2.75) is 37.4 Å². The molecule has 2 saturated heterocycles. The van der Waals surface area contributed by atoms with Crippen LogP contribution in [0.4, 0.5) is 0 Å². The van der Waals surface area contributed by atoms with Gasteiger partial charge in [-0.1, -0.05) is 37.3 Å². The van der Waals surface area contributed by atoms with Gasteiger partial charge < -0.3 is 14.8 Å². The van der Waals surface area contributed by atoms with Crippen LogP contribution in [0.1, 0.15) is 31.7 Å². The molecule has 1 aliphatic carbocycles. The predicted molar refractivity (Wildman–Crippen MR) is 82.3 cm³/mol. The van der Waals surface area contributed by atoms with Crippen molar-refractivity contribution in [2.24, 2.45) is 11.8 Å². The summed E-state index contributed by atoms with van der Waals surface area (Å²) in [6.45, 7) is 4.28. The van der Waals surface area contributed by atoms with Gasteiger partial charge in [-0.05, 0) is 24.3 Å². The third-order valence-electron chi connectivity index (χ3n) is 6.01. The molecule has 1 aromatic carbocycles. The summed E-state index contributed by atoms with van der Waals surface area (Å²) in [5.41, 5.74) is 0.705. The number of fused-ring (bicyclic) bond motifs is 1. The minimum Gasteiger partial charge on any atom is -0.355 e. The van der Waals surface area contributed by atoms with Crippen LogP contribution in [0.3, 0.4) is 0 Å². The van der Waals surface area contributed by atoms with Crippen LogP contribution in [0.25, 0.3) is 0 Å². The van der Waals surface area contributed by atoms with Crippen LogP contribution in [-0.2, 0) is 19.7 Å². The van der Waals surface area contributed by atoms with E-state index in [2.05, 4.69) is 24.4 Å². The molecule has 3 fully saturated rings. The van der Waals surface area contributed by atoms with Gasteiger partial charge in [0.2, 0.25) is 5.91 Å². The largest absolute Gasteiger partial charge is 0.355 e. The zero-order chi connectivity index (χ0) is 15.2. The quantitative estimate of drug-likeness (QED) is 0.865. The normalized spacial score (nSPS) is 36.9. The Morgan fingerprint density at radius 2 is 1.86 bits per heavy atom. The Morgan fingerprint density at radius 3 is 2.59 bits per heavy atom. The molecule has 0 bridgehead atoms.